The Morgan fingerprint density at radius 3 is 2.75 bits per heavy atom. The summed E-state index contributed by atoms with van der Waals surface area (Å²) in [6.07, 6.45) is 0.623. The molecular weight excluding hydrogens is 316 g/mol. The molecule has 0 aliphatic carbocycles. The Hall–Kier alpha value is -2.28. The van der Waals surface area contributed by atoms with Gasteiger partial charge in [-0.25, -0.2) is 8.78 Å². The first kappa shape index (κ1) is 16.6. The first-order chi connectivity index (χ1) is 11.3. The van der Waals surface area contributed by atoms with Gasteiger partial charge in [-0.1, -0.05) is 0 Å². The quantitative estimate of drug-likeness (QED) is 0.938. The molecule has 1 N–H and O–H groups in total. The Morgan fingerprint density at radius 1 is 1.33 bits per heavy atom. The van der Waals surface area contributed by atoms with Crippen LogP contribution in [0.4, 0.5) is 8.78 Å². The zero-order chi connectivity index (χ0) is 17.5. The van der Waals surface area contributed by atoms with Gasteiger partial charge in [-0.3, -0.25) is 9.89 Å². The van der Waals surface area contributed by atoms with E-state index in [1.165, 1.54) is 13.2 Å². The fraction of sp³-hybridized carbons (Fsp3) is 0.412. The summed E-state index contributed by atoms with van der Waals surface area (Å²) in [5.74, 6) is -1.94. The van der Waals surface area contributed by atoms with Crippen LogP contribution in [-0.4, -0.2) is 40.3 Å². The summed E-state index contributed by atoms with van der Waals surface area (Å²) in [5, 5.41) is 7.17. The van der Waals surface area contributed by atoms with Crippen molar-refractivity contribution in [3.05, 3.63) is 41.1 Å². The van der Waals surface area contributed by atoms with Crippen LogP contribution in [0.15, 0.2) is 18.2 Å². The Morgan fingerprint density at radius 2 is 2.08 bits per heavy atom. The van der Waals surface area contributed by atoms with E-state index in [2.05, 4.69) is 10.2 Å². The number of carbonyl (C=O) groups excluding carboxylic acids is 1. The van der Waals surface area contributed by atoms with E-state index in [0.29, 0.717) is 30.8 Å². The summed E-state index contributed by atoms with van der Waals surface area (Å²) < 4.78 is 31.9. The summed E-state index contributed by atoms with van der Waals surface area (Å²) in [6.45, 7) is 4.34. The number of benzene rings is 1. The monoisotopic (exact) mass is 335 g/mol. The molecule has 2 heterocycles. The van der Waals surface area contributed by atoms with Gasteiger partial charge in [0.25, 0.3) is 5.91 Å². The van der Waals surface area contributed by atoms with Gasteiger partial charge in [0.15, 0.2) is 11.6 Å². The Kier molecular flexibility index (Phi) is 4.13. The van der Waals surface area contributed by atoms with Crippen LogP contribution in [0.1, 0.15) is 25.1 Å². The number of amides is 1. The van der Waals surface area contributed by atoms with Gasteiger partial charge in [-0.2, -0.15) is 5.10 Å². The molecule has 1 aromatic carbocycles. The van der Waals surface area contributed by atoms with Gasteiger partial charge in [0.1, 0.15) is 5.60 Å². The van der Waals surface area contributed by atoms with Crippen LogP contribution >= 0.6 is 0 Å². The highest BCUT2D eigenvalue weighted by atomic mass is 19.2. The number of carbonyl (C=O) groups is 1. The van der Waals surface area contributed by atoms with Crippen LogP contribution in [-0.2, 0) is 22.5 Å². The number of nitrogens with one attached hydrogen (secondary N) is 1. The predicted molar refractivity (Wildman–Crippen MR) is 84.1 cm³/mol. The summed E-state index contributed by atoms with van der Waals surface area (Å²) in [5.41, 5.74) is 1.84. The predicted octanol–water partition coefficient (Wildman–Crippen LogP) is 2.66. The van der Waals surface area contributed by atoms with Crippen molar-refractivity contribution in [2.24, 2.45) is 0 Å². The number of halogens is 2. The minimum atomic E-state index is -0.923. The van der Waals surface area contributed by atoms with E-state index in [9.17, 15) is 13.6 Å². The van der Waals surface area contributed by atoms with Crippen LogP contribution in [0, 0.1) is 11.6 Å². The van der Waals surface area contributed by atoms with E-state index in [1.54, 1.807) is 18.7 Å². The normalized spacial score (nSPS) is 14.6. The Labute approximate surface area is 138 Å². The van der Waals surface area contributed by atoms with Gasteiger partial charge in [0.05, 0.1) is 5.69 Å². The number of aromatic nitrogens is 2. The molecule has 0 atom stereocenters. The lowest BCUT2D eigenvalue weighted by Gasteiger charge is -2.33. The van der Waals surface area contributed by atoms with Crippen LogP contribution in [0.5, 0.6) is 0 Å². The highest BCUT2D eigenvalue weighted by Crippen LogP contribution is 2.30. The number of H-pyrrole nitrogens is 1. The second kappa shape index (κ2) is 5.98. The van der Waals surface area contributed by atoms with Crippen LogP contribution < -0.4 is 0 Å². The highest BCUT2D eigenvalue weighted by molar-refractivity contribution is 5.85. The Bertz CT molecular complexity index is 786. The number of fused-ring (bicyclic) bond motifs is 1. The van der Waals surface area contributed by atoms with Crippen LogP contribution in [0.2, 0.25) is 0 Å². The lowest BCUT2D eigenvalue weighted by atomic mass is 9.99. The lowest BCUT2D eigenvalue weighted by molar-refractivity contribution is -0.152. The maximum Gasteiger partial charge on any atom is 0.254 e. The number of hydrogen-bond donors (Lipinski definition) is 1. The smallest absolute Gasteiger partial charge is 0.254 e. The lowest BCUT2D eigenvalue weighted by Crippen LogP contribution is -2.48. The number of aromatic amines is 1. The molecule has 7 heteroatoms. The fourth-order valence-electron chi connectivity index (χ4n) is 2.82. The molecule has 0 radical (unpaired) electrons. The van der Waals surface area contributed by atoms with Crippen molar-refractivity contribution in [1.29, 1.82) is 0 Å². The number of methoxy groups -OCH3 is 1. The second-order valence-corrected chi connectivity index (χ2v) is 6.35. The van der Waals surface area contributed by atoms with E-state index in [4.69, 9.17) is 4.74 Å². The van der Waals surface area contributed by atoms with Gasteiger partial charge in [0.2, 0.25) is 0 Å². The fourth-order valence-corrected chi connectivity index (χ4v) is 2.82. The SMILES string of the molecule is COC(C)(C)C(=O)N1CCc2[nH]nc(-c3ccc(F)c(F)c3)c2C1. The molecule has 0 fully saturated rings. The molecule has 128 valence electrons. The van der Waals surface area contributed by atoms with Crippen molar-refractivity contribution in [1.82, 2.24) is 15.1 Å². The van der Waals surface area contributed by atoms with Gasteiger partial charge >= 0.3 is 0 Å². The summed E-state index contributed by atoms with van der Waals surface area (Å²) in [6, 6.07) is 3.67. The molecule has 2 aromatic rings. The molecule has 0 unspecified atom stereocenters. The van der Waals surface area contributed by atoms with Gasteiger partial charge < -0.3 is 9.64 Å². The first-order valence-corrected chi connectivity index (χ1v) is 7.69. The van der Waals surface area contributed by atoms with Crippen molar-refractivity contribution < 1.29 is 18.3 Å². The number of hydrogen-bond acceptors (Lipinski definition) is 3. The summed E-state index contributed by atoms with van der Waals surface area (Å²) in [7, 11) is 1.50. The van der Waals surface area contributed by atoms with Gasteiger partial charge in [-0.05, 0) is 32.0 Å². The average Bonchev–Trinajstić information content (AvgIpc) is 2.99. The molecule has 1 aliphatic heterocycles. The molecule has 0 saturated carbocycles. The third kappa shape index (κ3) is 2.80. The van der Waals surface area contributed by atoms with E-state index in [-0.39, 0.29) is 5.91 Å². The molecule has 1 amide bonds. The van der Waals surface area contributed by atoms with Crippen molar-refractivity contribution in [2.75, 3.05) is 13.7 Å². The second-order valence-electron chi connectivity index (χ2n) is 6.35. The zero-order valence-corrected chi connectivity index (χ0v) is 13.8. The average molecular weight is 335 g/mol. The molecular formula is C17H19F2N3O2. The number of nitrogens with zero attached hydrogens (tertiary/aromatic N) is 2. The topological polar surface area (TPSA) is 58.2 Å². The van der Waals surface area contributed by atoms with Crippen molar-refractivity contribution in [3.63, 3.8) is 0 Å². The van der Waals surface area contributed by atoms with Gasteiger partial charge in [0, 0.05) is 43.4 Å². The van der Waals surface area contributed by atoms with Crippen molar-refractivity contribution in [3.8, 4) is 11.3 Å². The molecule has 0 saturated heterocycles. The van der Waals surface area contributed by atoms with E-state index >= 15 is 0 Å². The molecule has 0 bridgehead atoms. The standard InChI is InChI=1S/C17H19F2N3O2/c1-17(2,24-3)16(23)22-7-6-14-11(9-22)15(21-20-14)10-4-5-12(18)13(19)8-10/h4-5,8H,6-7,9H2,1-3H3,(H,20,21). The minimum Gasteiger partial charge on any atom is -0.369 e. The molecule has 1 aliphatic rings. The number of rotatable bonds is 3. The molecule has 24 heavy (non-hydrogen) atoms. The third-order valence-corrected chi connectivity index (χ3v) is 4.44. The maximum atomic E-state index is 13.5. The van der Waals surface area contributed by atoms with Crippen molar-refractivity contribution >= 4 is 5.91 Å². The largest absolute Gasteiger partial charge is 0.369 e. The molecule has 3 rings (SSSR count). The Balaban J connectivity index is 1.93. The van der Waals surface area contributed by atoms with Crippen LogP contribution in [0.25, 0.3) is 11.3 Å². The molecule has 0 spiro atoms. The molecule has 5 nitrogen and oxygen atoms in total. The maximum absolute atomic E-state index is 13.5. The van der Waals surface area contributed by atoms with Crippen molar-refractivity contribution in [2.45, 2.75) is 32.4 Å². The highest BCUT2D eigenvalue weighted by Gasteiger charge is 2.35. The zero-order valence-electron chi connectivity index (χ0n) is 13.8. The first-order valence-electron chi connectivity index (χ1n) is 7.69. The number of ether oxygens (including phenoxy) is 1. The van der Waals surface area contributed by atoms with E-state index < -0.39 is 17.2 Å². The molecule has 1 aromatic heterocycles. The third-order valence-electron chi connectivity index (χ3n) is 4.44. The minimum absolute atomic E-state index is 0.118. The summed E-state index contributed by atoms with van der Waals surface area (Å²) in [4.78, 5) is 14.3. The summed E-state index contributed by atoms with van der Waals surface area (Å²) >= 11 is 0. The van der Waals surface area contributed by atoms with E-state index in [0.717, 1.165) is 23.4 Å². The van der Waals surface area contributed by atoms with E-state index in [1.807, 2.05) is 0 Å². The van der Waals surface area contributed by atoms with Gasteiger partial charge in [-0.15, -0.1) is 0 Å². The van der Waals surface area contributed by atoms with Crippen LogP contribution in [0.3, 0.4) is 0 Å².